The Labute approximate surface area is 151 Å². The average molecular weight is 342 g/mol. The number of hydrogen-bond donors (Lipinski definition) is 0. The van der Waals surface area contributed by atoms with E-state index >= 15 is 0 Å². The largest absolute Gasteiger partial charge is 0.497 e. The lowest BCUT2D eigenvalue weighted by Crippen LogP contribution is -1.85. The molecular formula is C21H18N4O. The molecule has 0 unspecified atom stereocenters. The zero-order chi connectivity index (χ0) is 17.9. The Hall–Kier alpha value is -3.47. The van der Waals surface area contributed by atoms with Crippen LogP contribution in [-0.4, -0.2) is 16.5 Å². The Kier molecular flexibility index (Phi) is 4.19. The Morgan fingerprint density at radius 1 is 0.885 bits per heavy atom. The first-order chi connectivity index (χ1) is 12.8. The van der Waals surface area contributed by atoms with Crippen LogP contribution in [0.2, 0.25) is 0 Å². The van der Waals surface area contributed by atoms with Gasteiger partial charge >= 0.3 is 0 Å². The molecule has 26 heavy (non-hydrogen) atoms. The second kappa shape index (κ2) is 6.80. The molecule has 0 amide bonds. The van der Waals surface area contributed by atoms with Crippen molar-refractivity contribution in [1.82, 2.24) is 9.38 Å². The fraction of sp³-hybridized carbons (Fsp3) is 0.0952. The molecule has 0 atom stereocenters. The second-order valence-electron chi connectivity index (χ2n) is 5.93. The second-order valence-corrected chi connectivity index (χ2v) is 5.93. The zero-order valence-corrected chi connectivity index (χ0v) is 14.6. The molecule has 0 fully saturated rings. The van der Waals surface area contributed by atoms with Gasteiger partial charge in [-0.3, -0.25) is 4.40 Å². The average Bonchev–Trinajstić information content (AvgIpc) is 3.07. The quantitative estimate of drug-likeness (QED) is 0.444. The normalized spacial score (nSPS) is 11.3. The highest BCUT2D eigenvalue weighted by molar-refractivity contribution is 5.75. The summed E-state index contributed by atoms with van der Waals surface area (Å²) in [6, 6.07) is 21.5. The summed E-state index contributed by atoms with van der Waals surface area (Å²) >= 11 is 0. The van der Waals surface area contributed by atoms with Crippen molar-refractivity contribution >= 4 is 17.2 Å². The fourth-order valence-corrected chi connectivity index (χ4v) is 2.83. The summed E-state index contributed by atoms with van der Waals surface area (Å²) in [6.45, 7) is 2.04. The Bertz CT molecular complexity index is 1070. The summed E-state index contributed by atoms with van der Waals surface area (Å²) in [7, 11) is 1.66. The molecule has 0 aliphatic heterocycles. The standard InChI is InChI=1S/C21H18N4O/c1-15-7-6-14-25-20(15)22-19(16-10-12-18(26-2)13-11-16)21(25)24-23-17-8-4-3-5-9-17/h3-14H,1-2H3. The summed E-state index contributed by atoms with van der Waals surface area (Å²) in [6.07, 6.45) is 1.96. The predicted molar refractivity (Wildman–Crippen MR) is 103 cm³/mol. The molecule has 0 aliphatic carbocycles. The number of benzene rings is 2. The summed E-state index contributed by atoms with van der Waals surface area (Å²) in [5.41, 5.74) is 4.53. The lowest BCUT2D eigenvalue weighted by atomic mass is 10.1. The molecule has 5 nitrogen and oxygen atoms in total. The maximum Gasteiger partial charge on any atom is 0.187 e. The molecule has 0 saturated carbocycles. The van der Waals surface area contributed by atoms with Crippen molar-refractivity contribution < 1.29 is 4.74 Å². The topological polar surface area (TPSA) is 51.2 Å². The number of aromatic nitrogens is 2. The number of pyridine rings is 1. The van der Waals surface area contributed by atoms with Crippen molar-refractivity contribution in [3.63, 3.8) is 0 Å². The van der Waals surface area contributed by atoms with E-state index in [1.807, 2.05) is 84.3 Å². The Morgan fingerprint density at radius 2 is 1.65 bits per heavy atom. The van der Waals surface area contributed by atoms with E-state index in [9.17, 15) is 0 Å². The zero-order valence-electron chi connectivity index (χ0n) is 14.6. The number of ether oxygens (including phenoxy) is 1. The number of aryl methyl sites for hydroxylation is 1. The molecule has 2 heterocycles. The maximum atomic E-state index is 5.25. The minimum atomic E-state index is 0.706. The first-order valence-electron chi connectivity index (χ1n) is 8.35. The van der Waals surface area contributed by atoms with E-state index in [2.05, 4.69) is 10.2 Å². The number of hydrogen-bond acceptors (Lipinski definition) is 4. The van der Waals surface area contributed by atoms with Crippen LogP contribution >= 0.6 is 0 Å². The van der Waals surface area contributed by atoms with Crippen LogP contribution in [0.5, 0.6) is 5.75 Å². The summed E-state index contributed by atoms with van der Waals surface area (Å²) in [5.74, 6) is 1.51. The molecule has 4 aromatic rings. The van der Waals surface area contributed by atoms with Gasteiger partial charge in [0.1, 0.15) is 17.1 Å². The van der Waals surface area contributed by atoms with E-state index < -0.39 is 0 Å². The monoisotopic (exact) mass is 342 g/mol. The molecular weight excluding hydrogens is 324 g/mol. The van der Waals surface area contributed by atoms with Gasteiger partial charge in [-0.1, -0.05) is 24.3 Å². The van der Waals surface area contributed by atoms with Crippen LogP contribution in [0, 0.1) is 6.92 Å². The highest BCUT2D eigenvalue weighted by Crippen LogP contribution is 2.33. The lowest BCUT2D eigenvalue weighted by molar-refractivity contribution is 0.415. The summed E-state index contributed by atoms with van der Waals surface area (Å²) in [5, 5.41) is 8.91. The van der Waals surface area contributed by atoms with Crippen molar-refractivity contribution in [2.24, 2.45) is 10.2 Å². The summed E-state index contributed by atoms with van der Waals surface area (Å²) < 4.78 is 7.22. The predicted octanol–water partition coefficient (Wildman–Crippen LogP) is 5.73. The third kappa shape index (κ3) is 2.95. The van der Waals surface area contributed by atoms with Crippen LogP contribution in [0.25, 0.3) is 16.9 Å². The third-order valence-corrected chi connectivity index (χ3v) is 4.20. The first kappa shape index (κ1) is 16.0. The highest BCUT2D eigenvalue weighted by Gasteiger charge is 2.15. The van der Waals surface area contributed by atoms with E-state index in [1.165, 1.54) is 0 Å². The van der Waals surface area contributed by atoms with Gasteiger partial charge in [-0.2, -0.15) is 0 Å². The van der Waals surface area contributed by atoms with E-state index in [1.54, 1.807) is 7.11 Å². The molecule has 0 aliphatic rings. The molecule has 128 valence electrons. The van der Waals surface area contributed by atoms with Gasteiger partial charge in [0.2, 0.25) is 0 Å². The number of nitrogens with zero attached hydrogens (tertiary/aromatic N) is 4. The molecule has 5 heteroatoms. The van der Waals surface area contributed by atoms with Crippen molar-refractivity contribution in [3.05, 3.63) is 78.5 Å². The smallest absolute Gasteiger partial charge is 0.187 e. The molecule has 0 N–H and O–H groups in total. The van der Waals surface area contributed by atoms with Gasteiger partial charge in [0.25, 0.3) is 0 Å². The van der Waals surface area contributed by atoms with Crippen LogP contribution in [0.1, 0.15) is 5.56 Å². The van der Waals surface area contributed by atoms with E-state index in [4.69, 9.17) is 9.72 Å². The first-order valence-corrected chi connectivity index (χ1v) is 8.35. The van der Waals surface area contributed by atoms with Crippen molar-refractivity contribution in [2.45, 2.75) is 6.92 Å². The SMILES string of the molecule is COc1ccc(-c2nc3c(C)cccn3c2N=Nc2ccccc2)cc1. The summed E-state index contributed by atoms with van der Waals surface area (Å²) in [4.78, 5) is 4.82. The number of azo groups is 1. The molecule has 2 aromatic heterocycles. The number of rotatable bonds is 4. The van der Waals surface area contributed by atoms with E-state index in [-0.39, 0.29) is 0 Å². The van der Waals surface area contributed by atoms with Crippen LogP contribution in [-0.2, 0) is 0 Å². The minimum Gasteiger partial charge on any atom is -0.497 e. The highest BCUT2D eigenvalue weighted by atomic mass is 16.5. The van der Waals surface area contributed by atoms with Gasteiger partial charge in [0, 0.05) is 11.8 Å². The Balaban J connectivity index is 1.88. The van der Waals surface area contributed by atoms with Crippen LogP contribution in [0.3, 0.4) is 0 Å². The number of methoxy groups -OCH3 is 1. The van der Waals surface area contributed by atoms with Crippen LogP contribution < -0.4 is 4.74 Å². The van der Waals surface area contributed by atoms with Crippen LogP contribution in [0.15, 0.2) is 83.2 Å². The van der Waals surface area contributed by atoms with Gasteiger partial charge in [-0.05, 0) is 55.0 Å². The minimum absolute atomic E-state index is 0.706. The molecule has 0 saturated heterocycles. The number of fused-ring (bicyclic) bond motifs is 1. The van der Waals surface area contributed by atoms with E-state index in [0.29, 0.717) is 5.82 Å². The van der Waals surface area contributed by atoms with Crippen LogP contribution in [0.4, 0.5) is 11.5 Å². The fourth-order valence-electron chi connectivity index (χ4n) is 2.83. The van der Waals surface area contributed by atoms with Crippen molar-refractivity contribution in [3.8, 4) is 17.0 Å². The van der Waals surface area contributed by atoms with E-state index in [0.717, 1.165) is 33.9 Å². The van der Waals surface area contributed by atoms with Gasteiger partial charge in [0.15, 0.2) is 5.82 Å². The lowest BCUT2D eigenvalue weighted by Gasteiger charge is -2.02. The van der Waals surface area contributed by atoms with Gasteiger partial charge < -0.3 is 4.74 Å². The molecule has 0 spiro atoms. The molecule has 2 aromatic carbocycles. The maximum absolute atomic E-state index is 5.25. The van der Waals surface area contributed by atoms with Gasteiger partial charge in [0.05, 0.1) is 12.8 Å². The molecule has 0 bridgehead atoms. The number of imidazole rings is 1. The Morgan fingerprint density at radius 3 is 2.38 bits per heavy atom. The molecule has 4 rings (SSSR count). The van der Waals surface area contributed by atoms with Crippen molar-refractivity contribution in [1.29, 1.82) is 0 Å². The molecule has 0 radical (unpaired) electrons. The van der Waals surface area contributed by atoms with Gasteiger partial charge in [-0.25, -0.2) is 4.98 Å². The van der Waals surface area contributed by atoms with Crippen molar-refractivity contribution in [2.75, 3.05) is 7.11 Å². The third-order valence-electron chi connectivity index (χ3n) is 4.20. The van der Waals surface area contributed by atoms with Gasteiger partial charge in [-0.15, -0.1) is 10.2 Å².